The molecule has 0 saturated carbocycles. The summed E-state index contributed by atoms with van der Waals surface area (Å²) in [6, 6.07) is 5.68. The summed E-state index contributed by atoms with van der Waals surface area (Å²) in [5, 5.41) is 4.80. The van der Waals surface area contributed by atoms with Gasteiger partial charge < -0.3 is 20.7 Å². The van der Waals surface area contributed by atoms with Gasteiger partial charge in [0.15, 0.2) is 5.82 Å². The van der Waals surface area contributed by atoms with E-state index in [4.69, 9.17) is 15.5 Å². The molecule has 224 valence electrons. The maximum Gasteiger partial charge on any atom is 0.319 e. The lowest BCUT2D eigenvalue weighted by Crippen LogP contribution is -2.51. The number of benzene rings is 2. The van der Waals surface area contributed by atoms with E-state index in [1.165, 1.54) is 17.8 Å². The standard InChI is InChI=1S/C32H33F3N6OS/c1-40-12-18(33)11-21(40)15-42-32-38-29-23(31(39-32)41-13-19-5-6-20(14-41)37-19)10-17-3-2-16-4-9-25(36)43-30-24(34)8-7-22(27(16)30)26(17)28(29)35/h2-3,7-10,16,18-21,37H,4-6,11-15,36H2,1H3/t16?,18-,19?,20?,21+/m1/s1. The predicted octanol–water partition coefficient (Wildman–Crippen LogP) is 5.34. The minimum atomic E-state index is -0.901. The molecule has 1 aromatic heterocycles. The number of aromatic nitrogens is 2. The minimum Gasteiger partial charge on any atom is -0.462 e. The molecular formula is C32H33F3N6OS. The number of anilines is 1. The molecule has 5 atom stereocenters. The van der Waals surface area contributed by atoms with Crippen molar-refractivity contribution < 1.29 is 17.9 Å². The van der Waals surface area contributed by atoms with Crippen molar-refractivity contribution in [1.82, 2.24) is 20.2 Å². The molecule has 3 fully saturated rings. The van der Waals surface area contributed by atoms with Crippen LogP contribution in [-0.4, -0.2) is 72.5 Å². The van der Waals surface area contributed by atoms with Gasteiger partial charge in [0.1, 0.15) is 29.9 Å². The number of nitrogens with two attached hydrogens (primary N) is 1. The summed E-state index contributed by atoms with van der Waals surface area (Å²) in [7, 11) is 1.87. The molecule has 0 amide bonds. The van der Waals surface area contributed by atoms with Crippen LogP contribution < -0.4 is 20.7 Å². The molecule has 0 radical (unpaired) electrons. The lowest BCUT2D eigenvalue weighted by atomic mass is 9.88. The molecule has 8 rings (SSSR count). The van der Waals surface area contributed by atoms with Gasteiger partial charge in [-0.2, -0.15) is 9.97 Å². The Morgan fingerprint density at radius 3 is 2.72 bits per heavy atom. The fourth-order valence-electron chi connectivity index (χ4n) is 7.45. The molecule has 5 aliphatic rings. The Balaban J connectivity index is 1.29. The van der Waals surface area contributed by atoms with Gasteiger partial charge in [0.05, 0.1) is 9.92 Å². The van der Waals surface area contributed by atoms with Crippen molar-refractivity contribution in [3.05, 3.63) is 58.1 Å². The highest BCUT2D eigenvalue weighted by molar-refractivity contribution is 8.03. The summed E-state index contributed by atoms with van der Waals surface area (Å²) in [5.74, 6) is -0.369. The van der Waals surface area contributed by atoms with Crippen molar-refractivity contribution in [2.24, 2.45) is 5.73 Å². The number of thioether (sulfide) groups is 1. The van der Waals surface area contributed by atoms with Gasteiger partial charge >= 0.3 is 6.01 Å². The topological polar surface area (TPSA) is 79.5 Å². The molecular weight excluding hydrogens is 573 g/mol. The fraction of sp³-hybridized carbons (Fsp3) is 0.438. The second-order valence-corrected chi connectivity index (χ2v) is 13.5. The number of likely N-dealkylation sites (tertiary alicyclic amines) is 1. The molecule has 4 aliphatic heterocycles. The Morgan fingerprint density at radius 1 is 1.14 bits per heavy atom. The van der Waals surface area contributed by atoms with Crippen LogP contribution in [0.2, 0.25) is 0 Å². The highest BCUT2D eigenvalue weighted by atomic mass is 32.2. The first kappa shape index (κ1) is 27.3. The van der Waals surface area contributed by atoms with E-state index >= 15 is 8.78 Å². The highest BCUT2D eigenvalue weighted by Gasteiger charge is 2.36. The number of hydrogen-bond acceptors (Lipinski definition) is 8. The molecule has 7 nitrogen and oxygen atoms in total. The first-order valence-electron chi connectivity index (χ1n) is 15.0. The van der Waals surface area contributed by atoms with Gasteiger partial charge in [-0.1, -0.05) is 36.1 Å². The zero-order valence-electron chi connectivity index (χ0n) is 23.8. The number of fused-ring (bicyclic) bond motifs is 5. The third kappa shape index (κ3) is 4.67. The Hall–Kier alpha value is -3.28. The number of halogens is 3. The normalized spacial score (nSPS) is 28.0. The maximum absolute atomic E-state index is 17.0. The number of alkyl halides is 1. The SMILES string of the molecule is CN1C[C@H](F)C[C@H]1COc1nc(N2CC3CCC(C2)N3)c2cc3c(c(F)c2n1)-c1ccc(F)c2c1C(C=C3)CC=C(N)S2. The van der Waals surface area contributed by atoms with Crippen LogP contribution in [0, 0.1) is 11.6 Å². The number of piperazine rings is 1. The lowest BCUT2D eigenvalue weighted by molar-refractivity contribution is 0.188. The predicted molar refractivity (Wildman–Crippen MR) is 163 cm³/mol. The van der Waals surface area contributed by atoms with E-state index in [0.717, 1.165) is 31.5 Å². The van der Waals surface area contributed by atoms with Crippen molar-refractivity contribution in [3.8, 4) is 17.1 Å². The van der Waals surface area contributed by atoms with Crippen LogP contribution in [0.5, 0.6) is 6.01 Å². The van der Waals surface area contributed by atoms with Crippen LogP contribution in [0.1, 0.15) is 42.7 Å². The molecule has 0 spiro atoms. The van der Waals surface area contributed by atoms with E-state index in [1.54, 1.807) is 6.07 Å². The van der Waals surface area contributed by atoms with E-state index in [-0.39, 0.29) is 35.9 Å². The van der Waals surface area contributed by atoms with E-state index in [0.29, 0.717) is 69.3 Å². The van der Waals surface area contributed by atoms with Crippen molar-refractivity contribution in [1.29, 1.82) is 0 Å². The van der Waals surface area contributed by atoms with Crippen molar-refractivity contribution >= 4 is 34.6 Å². The molecule has 3 aromatic rings. The summed E-state index contributed by atoms with van der Waals surface area (Å²) in [6.07, 6.45) is 8.11. The van der Waals surface area contributed by atoms with E-state index in [2.05, 4.69) is 15.2 Å². The average Bonchev–Trinajstić information content (AvgIpc) is 3.36. The molecule has 3 N–H and O–H groups in total. The van der Waals surface area contributed by atoms with Crippen LogP contribution in [0.4, 0.5) is 19.0 Å². The summed E-state index contributed by atoms with van der Waals surface area (Å²) in [4.78, 5) is 14.1. The summed E-state index contributed by atoms with van der Waals surface area (Å²) >= 11 is 1.19. The van der Waals surface area contributed by atoms with Gasteiger partial charge in [0.25, 0.3) is 0 Å². The average molecular weight is 607 g/mol. The monoisotopic (exact) mass is 606 g/mol. The molecule has 11 heteroatoms. The van der Waals surface area contributed by atoms with Crippen LogP contribution in [0.25, 0.3) is 28.1 Å². The second kappa shape index (κ2) is 10.4. The van der Waals surface area contributed by atoms with Gasteiger partial charge in [-0.15, -0.1) is 0 Å². The van der Waals surface area contributed by atoms with E-state index < -0.39 is 12.0 Å². The number of ether oxygens (including phenoxy) is 1. The number of likely N-dealkylation sites (N-methyl/N-ethyl adjacent to an activating group) is 1. The first-order valence-corrected chi connectivity index (χ1v) is 15.8. The van der Waals surface area contributed by atoms with Gasteiger partial charge in [0, 0.05) is 54.6 Å². The van der Waals surface area contributed by atoms with Crippen molar-refractivity contribution in [3.63, 3.8) is 0 Å². The Bertz CT molecular complexity index is 1690. The van der Waals surface area contributed by atoms with Crippen LogP contribution in [0.3, 0.4) is 0 Å². The van der Waals surface area contributed by atoms with Gasteiger partial charge in [-0.05, 0) is 61.6 Å². The largest absolute Gasteiger partial charge is 0.462 e. The number of nitrogens with one attached hydrogen (secondary N) is 1. The number of allylic oxidation sites excluding steroid dienone is 2. The number of hydrogen-bond donors (Lipinski definition) is 2. The summed E-state index contributed by atoms with van der Waals surface area (Å²) in [6.45, 7) is 2.08. The molecule has 1 aliphatic carbocycles. The highest BCUT2D eigenvalue weighted by Crippen LogP contribution is 2.49. The summed E-state index contributed by atoms with van der Waals surface area (Å²) < 4.78 is 52.3. The number of nitrogens with zero attached hydrogens (tertiary/aromatic N) is 4. The second-order valence-electron chi connectivity index (χ2n) is 12.4. The van der Waals surface area contributed by atoms with Crippen molar-refractivity contribution in [2.75, 3.05) is 38.2 Å². The third-order valence-electron chi connectivity index (χ3n) is 9.57. The van der Waals surface area contributed by atoms with Gasteiger partial charge in [0.2, 0.25) is 0 Å². The fourth-order valence-corrected chi connectivity index (χ4v) is 8.40. The molecule has 3 saturated heterocycles. The Labute approximate surface area is 252 Å². The maximum atomic E-state index is 17.0. The van der Waals surface area contributed by atoms with Crippen LogP contribution in [-0.2, 0) is 0 Å². The van der Waals surface area contributed by atoms with E-state index in [9.17, 15) is 4.39 Å². The molecule has 2 aromatic carbocycles. The summed E-state index contributed by atoms with van der Waals surface area (Å²) in [5.41, 5.74) is 8.79. The molecule has 43 heavy (non-hydrogen) atoms. The Kier molecular flexibility index (Phi) is 6.61. The Morgan fingerprint density at radius 2 is 1.95 bits per heavy atom. The van der Waals surface area contributed by atoms with Gasteiger partial charge in [-0.25, -0.2) is 13.2 Å². The molecule has 3 unspecified atom stereocenters. The van der Waals surface area contributed by atoms with Crippen molar-refractivity contribution in [2.45, 2.75) is 60.8 Å². The lowest BCUT2D eigenvalue weighted by Gasteiger charge is -2.34. The van der Waals surface area contributed by atoms with E-state index in [1.807, 2.05) is 36.2 Å². The molecule has 5 heterocycles. The number of rotatable bonds is 4. The third-order valence-corrected chi connectivity index (χ3v) is 10.6. The minimum absolute atomic E-state index is 0.0791. The van der Waals surface area contributed by atoms with Crippen LogP contribution >= 0.6 is 11.8 Å². The quantitative estimate of drug-likeness (QED) is 0.412. The van der Waals surface area contributed by atoms with Crippen LogP contribution in [0.15, 0.2) is 40.3 Å². The molecule has 2 bridgehead atoms. The van der Waals surface area contributed by atoms with Gasteiger partial charge in [-0.3, -0.25) is 4.90 Å². The first-order chi connectivity index (χ1) is 20.8. The smallest absolute Gasteiger partial charge is 0.319 e. The zero-order valence-corrected chi connectivity index (χ0v) is 24.6. The zero-order chi connectivity index (χ0) is 29.4.